The number of ether oxygens (including phenoxy) is 1. The standard InChI is InChI=1S/C15H18Cl2N2O4/c1-18(9-14(20)21)7-13-8-19(2-3-23-13)15(22)10-4-11(16)6-12(17)5-10/h4-6,13H,2-3,7-9H2,1H3,(H,20,21). The molecule has 1 fully saturated rings. The molecule has 1 heterocycles. The molecule has 1 aliphatic heterocycles. The van der Waals surface area contributed by atoms with Gasteiger partial charge < -0.3 is 14.7 Å². The molecule has 1 atom stereocenters. The monoisotopic (exact) mass is 360 g/mol. The molecule has 0 aromatic heterocycles. The number of carboxylic acids is 1. The van der Waals surface area contributed by atoms with Gasteiger partial charge in [0.05, 0.1) is 19.3 Å². The maximum atomic E-state index is 12.6. The van der Waals surface area contributed by atoms with Gasteiger partial charge in [-0.3, -0.25) is 14.5 Å². The van der Waals surface area contributed by atoms with Gasteiger partial charge in [-0.2, -0.15) is 0 Å². The number of rotatable bonds is 5. The zero-order valence-electron chi connectivity index (χ0n) is 12.7. The number of carboxylic acid groups (broad SMARTS) is 1. The Labute approximate surface area is 144 Å². The SMILES string of the molecule is CN(CC(=O)O)CC1CN(C(=O)c2cc(Cl)cc(Cl)c2)CCO1. The molecule has 1 amide bonds. The summed E-state index contributed by atoms with van der Waals surface area (Å²) in [7, 11) is 1.70. The summed E-state index contributed by atoms with van der Waals surface area (Å²) in [6, 6.07) is 4.73. The second kappa shape index (κ2) is 7.97. The first-order valence-electron chi connectivity index (χ1n) is 7.12. The highest BCUT2D eigenvalue weighted by Gasteiger charge is 2.26. The van der Waals surface area contributed by atoms with Crippen molar-refractivity contribution < 1.29 is 19.4 Å². The van der Waals surface area contributed by atoms with Gasteiger partial charge in [0.15, 0.2) is 0 Å². The molecule has 1 aliphatic rings. The lowest BCUT2D eigenvalue weighted by molar-refractivity contribution is -0.138. The highest BCUT2D eigenvalue weighted by molar-refractivity contribution is 6.35. The molecule has 0 aliphatic carbocycles. The minimum absolute atomic E-state index is 0.0717. The Balaban J connectivity index is 2.00. The summed E-state index contributed by atoms with van der Waals surface area (Å²) in [6.45, 7) is 1.64. The summed E-state index contributed by atoms with van der Waals surface area (Å²) >= 11 is 11.9. The van der Waals surface area contributed by atoms with Crippen molar-refractivity contribution in [2.75, 3.05) is 39.8 Å². The van der Waals surface area contributed by atoms with Crippen molar-refractivity contribution in [1.29, 1.82) is 0 Å². The average Bonchev–Trinajstić information content (AvgIpc) is 2.44. The number of likely N-dealkylation sites (N-methyl/N-ethyl adjacent to an activating group) is 1. The van der Waals surface area contributed by atoms with Crippen molar-refractivity contribution in [2.45, 2.75) is 6.10 Å². The van der Waals surface area contributed by atoms with E-state index < -0.39 is 5.97 Å². The lowest BCUT2D eigenvalue weighted by Gasteiger charge is -2.34. The van der Waals surface area contributed by atoms with Crippen molar-refractivity contribution in [3.63, 3.8) is 0 Å². The van der Waals surface area contributed by atoms with Crippen LogP contribution in [-0.2, 0) is 9.53 Å². The summed E-state index contributed by atoms with van der Waals surface area (Å²) in [4.78, 5) is 26.6. The lowest BCUT2D eigenvalue weighted by Crippen LogP contribution is -2.49. The molecule has 0 saturated carbocycles. The van der Waals surface area contributed by atoms with E-state index in [1.807, 2.05) is 0 Å². The maximum absolute atomic E-state index is 12.6. The van der Waals surface area contributed by atoms with Crippen LogP contribution in [0.4, 0.5) is 0 Å². The van der Waals surface area contributed by atoms with Crippen molar-refractivity contribution in [2.24, 2.45) is 0 Å². The molecule has 6 nitrogen and oxygen atoms in total. The van der Waals surface area contributed by atoms with E-state index in [2.05, 4.69) is 0 Å². The molecule has 0 spiro atoms. The molecule has 1 saturated heterocycles. The Morgan fingerprint density at radius 2 is 2.00 bits per heavy atom. The Morgan fingerprint density at radius 3 is 2.61 bits per heavy atom. The minimum atomic E-state index is -0.898. The van der Waals surface area contributed by atoms with Gasteiger partial charge in [-0.25, -0.2) is 0 Å². The van der Waals surface area contributed by atoms with Crippen molar-refractivity contribution in [3.8, 4) is 0 Å². The average molecular weight is 361 g/mol. The normalized spacial score (nSPS) is 18.3. The lowest BCUT2D eigenvalue weighted by atomic mass is 10.1. The first kappa shape index (κ1) is 18.0. The van der Waals surface area contributed by atoms with Crippen LogP contribution in [0.5, 0.6) is 0 Å². The molecule has 23 heavy (non-hydrogen) atoms. The zero-order chi connectivity index (χ0) is 17.0. The van der Waals surface area contributed by atoms with E-state index in [1.165, 1.54) is 0 Å². The van der Waals surface area contributed by atoms with E-state index in [4.69, 9.17) is 33.0 Å². The second-order valence-corrected chi connectivity index (χ2v) is 6.37. The molecule has 8 heteroatoms. The van der Waals surface area contributed by atoms with Gasteiger partial charge in [-0.15, -0.1) is 0 Å². The van der Waals surface area contributed by atoms with E-state index in [0.717, 1.165) is 0 Å². The Hall–Kier alpha value is -1.34. The Bertz CT molecular complexity index is 577. The third-order valence-electron chi connectivity index (χ3n) is 3.46. The highest BCUT2D eigenvalue weighted by atomic mass is 35.5. The minimum Gasteiger partial charge on any atom is -0.480 e. The largest absolute Gasteiger partial charge is 0.480 e. The van der Waals surface area contributed by atoms with Gasteiger partial charge >= 0.3 is 5.97 Å². The first-order valence-corrected chi connectivity index (χ1v) is 7.88. The van der Waals surface area contributed by atoms with Crippen LogP contribution < -0.4 is 0 Å². The summed E-state index contributed by atoms with van der Waals surface area (Å²) in [6.07, 6.45) is -0.230. The zero-order valence-corrected chi connectivity index (χ0v) is 14.2. The number of carbonyl (C=O) groups excluding carboxylic acids is 1. The fraction of sp³-hybridized carbons (Fsp3) is 0.467. The van der Waals surface area contributed by atoms with Gasteiger partial charge in [0.2, 0.25) is 0 Å². The number of halogens is 2. The van der Waals surface area contributed by atoms with Gasteiger partial charge in [0.25, 0.3) is 5.91 Å². The number of aliphatic carboxylic acids is 1. The number of hydrogen-bond acceptors (Lipinski definition) is 4. The van der Waals surface area contributed by atoms with Crippen LogP contribution in [0.1, 0.15) is 10.4 Å². The van der Waals surface area contributed by atoms with Crippen LogP contribution >= 0.6 is 23.2 Å². The molecule has 1 aromatic carbocycles. The van der Waals surface area contributed by atoms with Crippen LogP contribution in [0, 0.1) is 0 Å². The molecule has 126 valence electrons. The first-order chi connectivity index (χ1) is 10.8. The van der Waals surface area contributed by atoms with Crippen molar-refractivity contribution in [1.82, 2.24) is 9.80 Å². The highest BCUT2D eigenvalue weighted by Crippen LogP contribution is 2.21. The van der Waals surface area contributed by atoms with E-state index in [9.17, 15) is 9.59 Å². The number of amides is 1. The number of nitrogens with zero attached hydrogens (tertiary/aromatic N) is 2. The third-order valence-corrected chi connectivity index (χ3v) is 3.89. The molecule has 1 N–H and O–H groups in total. The van der Waals surface area contributed by atoms with E-state index >= 15 is 0 Å². The topological polar surface area (TPSA) is 70.1 Å². The van der Waals surface area contributed by atoms with Gasteiger partial charge in [-0.1, -0.05) is 23.2 Å². The maximum Gasteiger partial charge on any atom is 0.317 e. The number of benzene rings is 1. The summed E-state index contributed by atoms with van der Waals surface area (Å²) in [5.74, 6) is -1.06. The number of hydrogen-bond donors (Lipinski definition) is 1. The predicted octanol–water partition coefficient (Wildman–Crippen LogP) is 1.85. The van der Waals surface area contributed by atoms with Crippen LogP contribution in [0.3, 0.4) is 0 Å². The quantitative estimate of drug-likeness (QED) is 0.867. The molecule has 1 aromatic rings. The van der Waals surface area contributed by atoms with Crippen LogP contribution in [-0.4, -0.2) is 72.7 Å². The van der Waals surface area contributed by atoms with Gasteiger partial charge in [-0.05, 0) is 25.2 Å². The Kier molecular flexibility index (Phi) is 6.24. The van der Waals surface area contributed by atoms with Crippen LogP contribution in [0.2, 0.25) is 10.0 Å². The number of morpholine rings is 1. The van der Waals surface area contributed by atoms with E-state index in [0.29, 0.717) is 41.8 Å². The van der Waals surface area contributed by atoms with E-state index in [-0.39, 0.29) is 18.6 Å². The Morgan fingerprint density at radius 1 is 1.35 bits per heavy atom. The van der Waals surface area contributed by atoms with Crippen LogP contribution in [0.15, 0.2) is 18.2 Å². The van der Waals surface area contributed by atoms with Crippen LogP contribution in [0.25, 0.3) is 0 Å². The predicted molar refractivity (Wildman–Crippen MR) is 87.2 cm³/mol. The summed E-state index contributed by atoms with van der Waals surface area (Å²) in [5.41, 5.74) is 0.432. The fourth-order valence-electron chi connectivity index (χ4n) is 2.52. The molecular weight excluding hydrogens is 343 g/mol. The van der Waals surface area contributed by atoms with Gasteiger partial charge in [0.1, 0.15) is 0 Å². The molecular formula is C15H18Cl2N2O4. The summed E-state index contributed by atoms with van der Waals surface area (Å²) in [5, 5.41) is 9.60. The molecule has 0 radical (unpaired) electrons. The second-order valence-electron chi connectivity index (χ2n) is 5.49. The number of carbonyl (C=O) groups is 2. The van der Waals surface area contributed by atoms with Crippen molar-refractivity contribution >= 4 is 35.1 Å². The summed E-state index contributed by atoms with van der Waals surface area (Å²) < 4.78 is 5.61. The molecule has 0 bridgehead atoms. The third kappa shape index (κ3) is 5.35. The fourth-order valence-corrected chi connectivity index (χ4v) is 3.04. The molecule has 1 unspecified atom stereocenters. The molecule has 2 rings (SSSR count). The van der Waals surface area contributed by atoms with E-state index in [1.54, 1.807) is 35.0 Å². The smallest absolute Gasteiger partial charge is 0.317 e. The van der Waals surface area contributed by atoms with Gasteiger partial charge in [0, 0.05) is 35.2 Å². The van der Waals surface area contributed by atoms with Crippen molar-refractivity contribution in [3.05, 3.63) is 33.8 Å².